The Balaban J connectivity index is 1.28. The summed E-state index contributed by atoms with van der Waals surface area (Å²) in [6.45, 7) is 0.116. The smallest absolute Gasteiger partial charge is 0.267 e. The van der Waals surface area contributed by atoms with Crippen molar-refractivity contribution in [1.29, 1.82) is 0 Å². The summed E-state index contributed by atoms with van der Waals surface area (Å²) in [5.41, 5.74) is 2.48. The Kier molecular flexibility index (Phi) is 9.35. The number of amides is 2. The molecule has 1 atom stereocenters. The number of carbonyl (C=O) groups excluding carboxylic acids is 2. The van der Waals surface area contributed by atoms with E-state index in [-0.39, 0.29) is 35.2 Å². The van der Waals surface area contributed by atoms with Crippen molar-refractivity contribution in [3.05, 3.63) is 114 Å². The number of methoxy groups -OCH3 is 2. The van der Waals surface area contributed by atoms with E-state index >= 15 is 0 Å². The number of fused-ring (bicyclic) bond motifs is 1. The van der Waals surface area contributed by atoms with Crippen LogP contribution >= 0.6 is 0 Å². The lowest BCUT2D eigenvalue weighted by atomic mass is 10.1. The maximum Gasteiger partial charge on any atom is 0.267 e. The molecule has 4 aromatic rings. The molecule has 1 heterocycles. The third-order valence-corrected chi connectivity index (χ3v) is 8.85. The number of benzene rings is 4. The van der Waals surface area contributed by atoms with Gasteiger partial charge >= 0.3 is 0 Å². The molecule has 0 aliphatic carbocycles. The lowest BCUT2D eigenvalue weighted by Gasteiger charge is -2.34. The molecule has 0 spiro atoms. The van der Waals surface area contributed by atoms with E-state index in [1.165, 1.54) is 4.31 Å². The van der Waals surface area contributed by atoms with Crippen LogP contribution in [-0.2, 0) is 27.0 Å². The van der Waals surface area contributed by atoms with E-state index in [4.69, 9.17) is 14.2 Å². The highest BCUT2D eigenvalue weighted by molar-refractivity contribution is 7.92. The van der Waals surface area contributed by atoms with Gasteiger partial charge in [-0.25, -0.2) is 8.42 Å². The number of sulfonamides is 1. The quantitative estimate of drug-likeness (QED) is 0.256. The zero-order chi connectivity index (χ0) is 31.1. The van der Waals surface area contributed by atoms with Gasteiger partial charge in [-0.1, -0.05) is 60.7 Å². The van der Waals surface area contributed by atoms with Crippen LogP contribution in [0.25, 0.3) is 0 Å². The Bertz CT molecular complexity index is 1750. The third-order valence-electron chi connectivity index (χ3n) is 7.13. The fraction of sp³-hybridized carbons (Fsp3) is 0.212. The van der Waals surface area contributed by atoms with E-state index in [0.717, 1.165) is 5.56 Å². The Labute approximate surface area is 256 Å². The number of ether oxygens (including phenoxy) is 3. The van der Waals surface area contributed by atoms with Gasteiger partial charge in [0.25, 0.3) is 11.8 Å². The van der Waals surface area contributed by atoms with Crippen LogP contribution in [0, 0.1) is 0 Å². The van der Waals surface area contributed by atoms with E-state index in [1.54, 1.807) is 93.1 Å². The minimum absolute atomic E-state index is 0.225. The summed E-state index contributed by atoms with van der Waals surface area (Å²) < 4.78 is 44.9. The van der Waals surface area contributed by atoms with Gasteiger partial charge in [0.05, 0.1) is 43.5 Å². The number of para-hydroxylation sites is 3. The summed E-state index contributed by atoms with van der Waals surface area (Å²) in [5, 5.41) is 5.66. The number of nitrogens with zero attached hydrogens (tertiary/aromatic N) is 1. The van der Waals surface area contributed by atoms with Crippen LogP contribution in [0.1, 0.15) is 21.5 Å². The molecule has 0 saturated heterocycles. The second kappa shape index (κ2) is 13.5. The molecule has 0 aromatic heterocycles. The zero-order valence-electron chi connectivity index (χ0n) is 24.4. The van der Waals surface area contributed by atoms with E-state index in [0.29, 0.717) is 35.7 Å². The second-order valence-electron chi connectivity index (χ2n) is 10.1. The molecular weight excluding hydrogens is 582 g/mol. The summed E-state index contributed by atoms with van der Waals surface area (Å²) in [6.07, 6.45) is -0.611. The molecule has 0 radical (unpaired) electrons. The highest BCUT2D eigenvalue weighted by atomic mass is 32.2. The summed E-state index contributed by atoms with van der Waals surface area (Å²) in [5.74, 6) is 0.309. The first-order valence-corrected chi connectivity index (χ1v) is 15.6. The molecule has 0 bridgehead atoms. The molecule has 0 unspecified atom stereocenters. The summed E-state index contributed by atoms with van der Waals surface area (Å²) in [7, 11) is -0.729. The van der Waals surface area contributed by atoms with Gasteiger partial charge in [0.1, 0.15) is 5.75 Å². The Hall–Kier alpha value is -5.03. The van der Waals surface area contributed by atoms with Crippen molar-refractivity contribution in [2.45, 2.75) is 18.3 Å². The second-order valence-corrected chi connectivity index (χ2v) is 12.0. The molecule has 10 nitrogen and oxygen atoms in total. The molecule has 1 aliphatic rings. The van der Waals surface area contributed by atoms with Gasteiger partial charge in [-0.15, -0.1) is 0 Å². The van der Waals surface area contributed by atoms with Gasteiger partial charge in [0.15, 0.2) is 17.6 Å². The van der Waals surface area contributed by atoms with Gasteiger partial charge in [-0.05, 0) is 53.9 Å². The lowest BCUT2D eigenvalue weighted by molar-refractivity contribution is -0.122. The molecule has 11 heteroatoms. The molecule has 0 saturated carbocycles. The number of carbonyl (C=O) groups is 2. The van der Waals surface area contributed by atoms with Crippen molar-refractivity contribution in [3.8, 4) is 17.2 Å². The van der Waals surface area contributed by atoms with Crippen LogP contribution in [-0.4, -0.2) is 53.6 Å². The van der Waals surface area contributed by atoms with E-state index in [9.17, 15) is 18.0 Å². The van der Waals surface area contributed by atoms with Crippen molar-refractivity contribution >= 4 is 33.2 Å². The summed E-state index contributed by atoms with van der Waals surface area (Å²) >= 11 is 0. The predicted molar refractivity (Wildman–Crippen MR) is 168 cm³/mol. The Morgan fingerprint density at radius 2 is 1.57 bits per heavy atom. The minimum atomic E-state index is -3.86. The van der Waals surface area contributed by atoms with E-state index in [2.05, 4.69) is 10.6 Å². The van der Waals surface area contributed by atoms with Crippen molar-refractivity contribution in [1.82, 2.24) is 5.32 Å². The van der Waals surface area contributed by atoms with Gasteiger partial charge < -0.3 is 24.8 Å². The van der Waals surface area contributed by atoms with Crippen LogP contribution < -0.4 is 29.1 Å². The van der Waals surface area contributed by atoms with Gasteiger partial charge in [0, 0.05) is 6.54 Å². The standard InChI is InChI=1S/C33H33N3O7S/c1-41-29-17-16-23(20-30(29)42-2)18-19-34-32(37)25-12-6-7-13-26(25)35-33(38)31-21-36(27-14-8-9-15-28(27)43-31)44(39,40)22-24-10-4-3-5-11-24/h3-17,20,31H,18-19,21-22H2,1-2H3,(H,34,37)(H,35,38)/t31-/m0/s1. The third kappa shape index (κ3) is 6.95. The molecule has 1 aliphatic heterocycles. The maximum atomic E-state index is 13.5. The first-order valence-electron chi connectivity index (χ1n) is 14.0. The SMILES string of the molecule is COc1ccc(CCNC(=O)c2ccccc2NC(=O)[C@@H]2CN(S(=O)(=O)Cc3ccccc3)c3ccccc3O2)cc1OC. The Morgan fingerprint density at radius 3 is 2.34 bits per heavy atom. The van der Waals surface area contributed by atoms with Crippen LogP contribution in [0.2, 0.25) is 0 Å². The molecule has 44 heavy (non-hydrogen) atoms. The molecule has 5 rings (SSSR count). The normalized spacial score (nSPS) is 14.1. The highest BCUT2D eigenvalue weighted by Crippen LogP contribution is 2.36. The van der Waals surface area contributed by atoms with E-state index in [1.807, 2.05) is 18.2 Å². The molecule has 0 fully saturated rings. The topological polar surface area (TPSA) is 123 Å². The van der Waals surface area contributed by atoms with Crippen LogP contribution in [0.3, 0.4) is 0 Å². The zero-order valence-corrected chi connectivity index (χ0v) is 25.2. The predicted octanol–water partition coefficient (Wildman–Crippen LogP) is 4.41. The lowest BCUT2D eigenvalue weighted by Crippen LogP contribution is -2.49. The first-order chi connectivity index (χ1) is 21.3. The number of nitrogens with one attached hydrogen (secondary N) is 2. The van der Waals surface area contributed by atoms with Crippen molar-refractivity contribution in [2.24, 2.45) is 0 Å². The minimum Gasteiger partial charge on any atom is -0.493 e. The molecule has 2 N–H and O–H groups in total. The van der Waals surface area contributed by atoms with Crippen molar-refractivity contribution in [2.75, 3.05) is 36.9 Å². The average Bonchev–Trinajstić information content (AvgIpc) is 3.04. The van der Waals surface area contributed by atoms with Crippen LogP contribution in [0.15, 0.2) is 97.1 Å². The highest BCUT2D eigenvalue weighted by Gasteiger charge is 2.37. The largest absolute Gasteiger partial charge is 0.493 e. The van der Waals surface area contributed by atoms with Crippen molar-refractivity contribution in [3.63, 3.8) is 0 Å². The van der Waals surface area contributed by atoms with Gasteiger partial charge in [-0.3, -0.25) is 13.9 Å². The van der Waals surface area contributed by atoms with E-state index < -0.39 is 22.0 Å². The average molecular weight is 616 g/mol. The molecule has 2 amide bonds. The number of hydrogen-bond donors (Lipinski definition) is 2. The van der Waals surface area contributed by atoms with Crippen molar-refractivity contribution < 1.29 is 32.2 Å². The van der Waals surface area contributed by atoms with Gasteiger partial charge in [0.2, 0.25) is 10.0 Å². The number of rotatable bonds is 11. The first kappa shape index (κ1) is 30.4. The molecular formula is C33H33N3O7S. The summed E-state index contributed by atoms with van der Waals surface area (Å²) in [6, 6.07) is 27.7. The fourth-order valence-corrected chi connectivity index (χ4v) is 6.50. The van der Waals surface area contributed by atoms with Crippen LogP contribution in [0.5, 0.6) is 17.2 Å². The number of hydrogen-bond acceptors (Lipinski definition) is 7. The number of anilines is 2. The Morgan fingerprint density at radius 1 is 0.864 bits per heavy atom. The molecule has 228 valence electrons. The monoisotopic (exact) mass is 615 g/mol. The maximum absolute atomic E-state index is 13.5. The van der Waals surface area contributed by atoms with Gasteiger partial charge in [-0.2, -0.15) is 0 Å². The van der Waals surface area contributed by atoms with Crippen LogP contribution in [0.4, 0.5) is 11.4 Å². The molecule has 4 aromatic carbocycles. The fourth-order valence-electron chi connectivity index (χ4n) is 4.92. The summed E-state index contributed by atoms with van der Waals surface area (Å²) in [4.78, 5) is 26.6.